The molecule has 0 saturated carbocycles. The molecule has 1 saturated heterocycles. The van der Waals surface area contributed by atoms with Gasteiger partial charge in [0.2, 0.25) is 5.91 Å². The van der Waals surface area contributed by atoms with Crippen LogP contribution >= 0.6 is 0 Å². The van der Waals surface area contributed by atoms with E-state index in [1.54, 1.807) is 0 Å². The molecule has 2 rings (SSSR count). The molecule has 3 unspecified atom stereocenters. The minimum atomic E-state index is -0.139. The Labute approximate surface area is 120 Å². The number of carbonyl (C=O) groups excluding carboxylic acids is 1. The maximum atomic E-state index is 12.5. The van der Waals surface area contributed by atoms with E-state index < -0.39 is 0 Å². The number of benzene rings is 1. The average Bonchev–Trinajstić information content (AvgIpc) is 2.53. The fourth-order valence-corrected chi connectivity index (χ4v) is 2.66. The van der Waals surface area contributed by atoms with Crippen molar-refractivity contribution < 1.29 is 9.53 Å². The second kappa shape index (κ2) is 7.41. The number of hydrogen-bond acceptors (Lipinski definition) is 3. The Morgan fingerprint density at radius 3 is 2.85 bits per heavy atom. The maximum absolute atomic E-state index is 12.5. The lowest BCUT2D eigenvalue weighted by molar-refractivity contribution is -0.135. The number of amides is 1. The first kappa shape index (κ1) is 15.0. The highest BCUT2D eigenvalue weighted by atomic mass is 16.5. The minimum Gasteiger partial charge on any atom is -0.373 e. The normalized spacial score (nSPS) is 24.1. The van der Waals surface area contributed by atoms with Crippen LogP contribution in [0, 0.1) is 5.92 Å². The highest BCUT2D eigenvalue weighted by molar-refractivity contribution is 5.80. The summed E-state index contributed by atoms with van der Waals surface area (Å²) in [6.45, 7) is 3.23. The van der Waals surface area contributed by atoms with Gasteiger partial charge in [0.05, 0.1) is 12.0 Å². The Bertz CT molecular complexity index is 418. The molecule has 110 valence electrons. The van der Waals surface area contributed by atoms with E-state index in [4.69, 9.17) is 10.5 Å². The lowest BCUT2D eigenvalue weighted by atomic mass is 9.88. The molecular weight excluding hydrogens is 252 g/mol. The van der Waals surface area contributed by atoms with Crippen molar-refractivity contribution in [2.75, 3.05) is 13.2 Å². The monoisotopic (exact) mass is 276 g/mol. The zero-order valence-corrected chi connectivity index (χ0v) is 12.0. The van der Waals surface area contributed by atoms with E-state index in [0.717, 1.165) is 31.4 Å². The van der Waals surface area contributed by atoms with Gasteiger partial charge in [0, 0.05) is 19.2 Å². The molecule has 1 aliphatic heterocycles. The first-order valence-corrected chi connectivity index (χ1v) is 7.43. The number of ether oxygens (including phenoxy) is 1. The highest BCUT2D eigenvalue weighted by Gasteiger charge is 2.33. The van der Waals surface area contributed by atoms with Gasteiger partial charge < -0.3 is 15.8 Å². The van der Waals surface area contributed by atoms with Crippen molar-refractivity contribution in [3.05, 3.63) is 35.9 Å². The van der Waals surface area contributed by atoms with Gasteiger partial charge in [-0.3, -0.25) is 4.79 Å². The van der Waals surface area contributed by atoms with Crippen molar-refractivity contribution in [1.82, 2.24) is 5.32 Å². The summed E-state index contributed by atoms with van der Waals surface area (Å²) < 4.78 is 5.85. The van der Waals surface area contributed by atoms with Crippen molar-refractivity contribution in [3.63, 3.8) is 0 Å². The molecule has 1 aliphatic rings. The Morgan fingerprint density at radius 2 is 2.20 bits per heavy atom. The van der Waals surface area contributed by atoms with E-state index in [1.165, 1.54) is 0 Å². The SMILES string of the molecule is CCC(CN)NC(=O)C1CCCOC1c1ccccc1. The molecule has 1 aromatic rings. The Hall–Kier alpha value is -1.39. The topological polar surface area (TPSA) is 64.3 Å². The van der Waals surface area contributed by atoms with Gasteiger partial charge in [0.25, 0.3) is 0 Å². The molecule has 0 aliphatic carbocycles. The standard InChI is InChI=1S/C16H24N2O2/c1-2-13(11-17)18-16(19)14-9-6-10-20-15(14)12-7-4-3-5-8-12/h3-5,7-8,13-15H,2,6,9-11,17H2,1H3,(H,18,19). The smallest absolute Gasteiger partial charge is 0.226 e. The van der Waals surface area contributed by atoms with Crippen molar-refractivity contribution in [3.8, 4) is 0 Å². The lowest BCUT2D eigenvalue weighted by Gasteiger charge is -2.32. The first-order valence-electron chi connectivity index (χ1n) is 7.43. The van der Waals surface area contributed by atoms with Crippen molar-refractivity contribution in [2.45, 2.75) is 38.3 Å². The third kappa shape index (κ3) is 3.58. The molecule has 0 aromatic heterocycles. The molecule has 1 amide bonds. The van der Waals surface area contributed by atoms with Crippen LogP contribution in [0.5, 0.6) is 0 Å². The van der Waals surface area contributed by atoms with Gasteiger partial charge in [-0.1, -0.05) is 37.3 Å². The predicted molar refractivity (Wildman–Crippen MR) is 79.1 cm³/mol. The van der Waals surface area contributed by atoms with Crippen LogP contribution in [0.4, 0.5) is 0 Å². The zero-order valence-electron chi connectivity index (χ0n) is 12.0. The third-order valence-electron chi connectivity index (χ3n) is 3.91. The van der Waals surface area contributed by atoms with Gasteiger partial charge in [0.1, 0.15) is 0 Å². The number of nitrogens with one attached hydrogen (secondary N) is 1. The van der Waals surface area contributed by atoms with Gasteiger partial charge in [-0.2, -0.15) is 0 Å². The summed E-state index contributed by atoms with van der Waals surface area (Å²) in [4.78, 5) is 12.5. The van der Waals surface area contributed by atoms with E-state index >= 15 is 0 Å². The molecule has 20 heavy (non-hydrogen) atoms. The number of nitrogens with two attached hydrogens (primary N) is 1. The Kier molecular flexibility index (Phi) is 5.56. The van der Waals surface area contributed by atoms with Crippen molar-refractivity contribution in [1.29, 1.82) is 0 Å². The van der Waals surface area contributed by atoms with E-state index in [0.29, 0.717) is 6.54 Å². The Morgan fingerprint density at radius 1 is 1.45 bits per heavy atom. The molecule has 3 atom stereocenters. The van der Waals surface area contributed by atoms with Gasteiger partial charge in [-0.05, 0) is 24.8 Å². The summed E-state index contributed by atoms with van der Waals surface area (Å²) in [5.41, 5.74) is 6.74. The van der Waals surface area contributed by atoms with Gasteiger partial charge in [-0.15, -0.1) is 0 Å². The fourth-order valence-electron chi connectivity index (χ4n) is 2.66. The largest absolute Gasteiger partial charge is 0.373 e. The molecular formula is C16H24N2O2. The van der Waals surface area contributed by atoms with Crippen LogP contribution in [0.1, 0.15) is 37.9 Å². The summed E-state index contributed by atoms with van der Waals surface area (Å²) in [7, 11) is 0. The third-order valence-corrected chi connectivity index (χ3v) is 3.91. The molecule has 1 fully saturated rings. The van der Waals surface area contributed by atoms with E-state index in [-0.39, 0.29) is 24.0 Å². The second-order valence-corrected chi connectivity index (χ2v) is 5.30. The molecule has 0 bridgehead atoms. The summed E-state index contributed by atoms with van der Waals surface area (Å²) in [6.07, 6.45) is 2.51. The fraction of sp³-hybridized carbons (Fsp3) is 0.562. The van der Waals surface area contributed by atoms with Crippen LogP contribution in [-0.4, -0.2) is 25.1 Å². The molecule has 4 heteroatoms. The summed E-state index contributed by atoms with van der Waals surface area (Å²) in [5.74, 6) is -0.0531. The van der Waals surface area contributed by atoms with Crippen LogP contribution in [0.15, 0.2) is 30.3 Å². The van der Waals surface area contributed by atoms with E-state index in [9.17, 15) is 4.79 Å². The minimum absolute atomic E-state index is 0.0563. The first-order chi connectivity index (χ1) is 9.76. The van der Waals surface area contributed by atoms with E-state index in [1.807, 2.05) is 37.3 Å². The van der Waals surface area contributed by atoms with Crippen molar-refractivity contribution in [2.24, 2.45) is 11.7 Å². The predicted octanol–water partition coefficient (Wildman–Crippen LogP) is 2.01. The molecule has 1 aromatic carbocycles. The maximum Gasteiger partial charge on any atom is 0.226 e. The van der Waals surface area contributed by atoms with Gasteiger partial charge in [-0.25, -0.2) is 0 Å². The van der Waals surface area contributed by atoms with Crippen molar-refractivity contribution >= 4 is 5.91 Å². The average molecular weight is 276 g/mol. The van der Waals surface area contributed by atoms with Gasteiger partial charge in [0.15, 0.2) is 0 Å². The summed E-state index contributed by atoms with van der Waals surface area (Å²) in [5, 5.41) is 3.04. The Balaban J connectivity index is 2.09. The van der Waals surface area contributed by atoms with E-state index in [2.05, 4.69) is 5.32 Å². The zero-order chi connectivity index (χ0) is 14.4. The highest BCUT2D eigenvalue weighted by Crippen LogP contribution is 2.33. The second-order valence-electron chi connectivity index (χ2n) is 5.30. The number of hydrogen-bond donors (Lipinski definition) is 2. The van der Waals surface area contributed by atoms with Crippen LogP contribution in [0.2, 0.25) is 0 Å². The summed E-state index contributed by atoms with van der Waals surface area (Å²) in [6, 6.07) is 10.0. The molecule has 1 heterocycles. The van der Waals surface area contributed by atoms with Crippen LogP contribution in [-0.2, 0) is 9.53 Å². The lowest BCUT2D eigenvalue weighted by Crippen LogP contribution is -2.45. The number of carbonyl (C=O) groups is 1. The molecule has 4 nitrogen and oxygen atoms in total. The molecule has 0 spiro atoms. The molecule has 3 N–H and O–H groups in total. The van der Waals surface area contributed by atoms with Gasteiger partial charge >= 0.3 is 0 Å². The van der Waals surface area contributed by atoms with Crippen LogP contribution < -0.4 is 11.1 Å². The van der Waals surface area contributed by atoms with Crippen LogP contribution in [0.25, 0.3) is 0 Å². The van der Waals surface area contributed by atoms with Crippen LogP contribution in [0.3, 0.4) is 0 Å². The quantitative estimate of drug-likeness (QED) is 0.864. The number of rotatable bonds is 5. The molecule has 0 radical (unpaired) electrons. The summed E-state index contributed by atoms with van der Waals surface area (Å²) >= 11 is 0.